The Morgan fingerprint density at radius 1 is 1.00 bits per heavy atom. The lowest BCUT2D eigenvalue weighted by molar-refractivity contribution is 0.379. The molecule has 0 aliphatic carbocycles. The molecular formula is C13H29N3. The van der Waals surface area contributed by atoms with Crippen LogP contribution in [0.5, 0.6) is 0 Å². The second-order valence-corrected chi connectivity index (χ2v) is 4.46. The molecule has 0 aromatic carbocycles. The lowest BCUT2D eigenvalue weighted by Crippen LogP contribution is -2.27. The summed E-state index contributed by atoms with van der Waals surface area (Å²) in [5.74, 6) is 5.79. The first-order chi connectivity index (χ1) is 7.70. The molecule has 0 aliphatic heterocycles. The Kier molecular flexibility index (Phi) is 10.3. The second kappa shape index (κ2) is 10.8. The summed E-state index contributed by atoms with van der Waals surface area (Å²) in [4.78, 5) is 0. The van der Waals surface area contributed by atoms with E-state index in [-0.39, 0.29) is 0 Å². The first kappa shape index (κ1) is 15.3. The molecule has 0 fully saturated rings. The number of hydrazine groups is 1. The topological polar surface area (TPSA) is 55.3 Å². The van der Waals surface area contributed by atoms with Crippen LogP contribution in [0.3, 0.4) is 0 Å². The van der Waals surface area contributed by atoms with E-state index in [1.165, 1.54) is 38.5 Å². The van der Waals surface area contributed by atoms with Gasteiger partial charge in [-0.1, -0.05) is 46.0 Å². The molecule has 0 aromatic heterocycles. The molecule has 0 atom stereocenters. The van der Waals surface area contributed by atoms with Gasteiger partial charge in [0.2, 0.25) is 0 Å². The summed E-state index contributed by atoms with van der Waals surface area (Å²) < 4.78 is 0. The molecule has 0 heterocycles. The van der Waals surface area contributed by atoms with Gasteiger partial charge in [-0.05, 0) is 19.3 Å². The number of hydrogen-bond donors (Lipinski definition) is 2. The number of nitrogens with two attached hydrogens (primary N) is 2. The minimum Gasteiger partial charge on any atom is -0.401 e. The van der Waals surface area contributed by atoms with E-state index in [1.807, 2.05) is 6.20 Å². The first-order valence-corrected chi connectivity index (χ1v) is 6.68. The van der Waals surface area contributed by atoms with E-state index in [0.29, 0.717) is 0 Å². The molecule has 0 spiro atoms. The Bertz CT molecular complexity index is 178. The molecule has 16 heavy (non-hydrogen) atoms. The summed E-state index contributed by atoms with van der Waals surface area (Å²) in [6.07, 6.45) is 11.6. The van der Waals surface area contributed by atoms with E-state index in [4.69, 9.17) is 11.6 Å². The lowest BCUT2D eigenvalue weighted by Gasteiger charge is -2.14. The highest BCUT2D eigenvalue weighted by molar-refractivity contribution is 4.94. The monoisotopic (exact) mass is 227 g/mol. The maximum Gasteiger partial charge on any atom is 0.0342 e. The highest BCUT2D eigenvalue weighted by Gasteiger charge is 1.96. The number of nitrogens with zero attached hydrogens (tertiary/aromatic N) is 1. The summed E-state index contributed by atoms with van der Waals surface area (Å²) in [7, 11) is 0. The normalized spacial score (nSPS) is 11.8. The lowest BCUT2D eigenvalue weighted by atomic mass is 10.1. The zero-order valence-electron chi connectivity index (χ0n) is 11.0. The van der Waals surface area contributed by atoms with E-state index in [1.54, 1.807) is 5.01 Å². The molecule has 0 radical (unpaired) electrons. The van der Waals surface area contributed by atoms with Gasteiger partial charge in [-0.15, -0.1) is 0 Å². The van der Waals surface area contributed by atoms with E-state index < -0.39 is 0 Å². The average Bonchev–Trinajstić information content (AvgIpc) is 2.26. The zero-order valence-corrected chi connectivity index (χ0v) is 11.0. The average molecular weight is 227 g/mol. The summed E-state index contributed by atoms with van der Waals surface area (Å²) in [6.45, 7) is 5.29. The molecular weight excluding hydrogens is 198 g/mol. The van der Waals surface area contributed by atoms with Crippen LogP contribution in [0.15, 0.2) is 11.9 Å². The first-order valence-electron chi connectivity index (χ1n) is 6.68. The molecule has 3 heteroatoms. The highest BCUT2D eigenvalue weighted by atomic mass is 15.4. The van der Waals surface area contributed by atoms with E-state index >= 15 is 0 Å². The summed E-state index contributed by atoms with van der Waals surface area (Å²) in [5, 5.41) is 1.71. The van der Waals surface area contributed by atoms with Crippen LogP contribution in [0.2, 0.25) is 0 Å². The fourth-order valence-electron chi connectivity index (χ4n) is 1.62. The van der Waals surface area contributed by atoms with E-state index in [9.17, 15) is 0 Å². The quantitative estimate of drug-likeness (QED) is 0.342. The molecule has 0 rings (SSSR count). The largest absolute Gasteiger partial charge is 0.401 e. The number of rotatable bonds is 10. The Hall–Kier alpha value is -0.700. The van der Waals surface area contributed by atoms with Crippen LogP contribution >= 0.6 is 0 Å². The van der Waals surface area contributed by atoms with Crippen molar-refractivity contribution in [3.8, 4) is 0 Å². The van der Waals surface area contributed by atoms with Gasteiger partial charge in [0.1, 0.15) is 0 Å². The third-order valence-corrected chi connectivity index (χ3v) is 2.67. The van der Waals surface area contributed by atoms with Crippen LogP contribution in [-0.4, -0.2) is 11.6 Å². The van der Waals surface area contributed by atoms with Crippen molar-refractivity contribution in [3.63, 3.8) is 0 Å². The highest BCUT2D eigenvalue weighted by Crippen LogP contribution is 2.08. The molecule has 96 valence electrons. The van der Waals surface area contributed by atoms with E-state index in [0.717, 1.165) is 25.1 Å². The van der Waals surface area contributed by atoms with Crippen molar-refractivity contribution in [2.45, 2.75) is 65.2 Å². The summed E-state index contributed by atoms with van der Waals surface area (Å²) in [5.41, 5.74) is 6.81. The maximum absolute atomic E-state index is 5.90. The summed E-state index contributed by atoms with van der Waals surface area (Å²) in [6, 6.07) is 0. The van der Waals surface area contributed by atoms with Crippen LogP contribution in [-0.2, 0) is 0 Å². The Balaban J connectivity index is 3.53. The van der Waals surface area contributed by atoms with Gasteiger partial charge in [0.05, 0.1) is 0 Å². The predicted octanol–water partition coefficient (Wildman–Crippen LogP) is 3.12. The Morgan fingerprint density at radius 2 is 1.62 bits per heavy atom. The van der Waals surface area contributed by atoms with Crippen molar-refractivity contribution < 1.29 is 0 Å². The molecule has 0 saturated heterocycles. The Morgan fingerprint density at radius 3 is 2.25 bits per heavy atom. The van der Waals surface area contributed by atoms with Crippen LogP contribution in [0.4, 0.5) is 0 Å². The van der Waals surface area contributed by atoms with Gasteiger partial charge >= 0.3 is 0 Å². The smallest absolute Gasteiger partial charge is 0.0342 e. The van der Waals surface area contributed by atoms with Crippen molar-refractivity contribution >= 4 is 0 Å². The van der Waals surface area contributed by atoms with Crippen LogP contribution < -0.4 is 11.6 Å². The van der Waals surface area contributed by atoms with Gasteiger partial charge in [0.15, 0.2) is 0 Å². The van der Waals surface area contributed by atoms with Crippen LogP contribution in [0.1, 0.15) is 65.2 Å². The number of unbranched alkanes of at least 4 members (excludes halogenated alkanes) is 5. The van der Waals surface area contributed by atoms with Gasteiger partial charge < -0.3 is 10.7 Å². The van der Waals surface area contributed by atoms with Crippen LogP contribution in [0, 0.1) is 0 Å². The molecule has 0 saturated carbocycles. The molecule has 0 aliphatic rings. The van der Waals surface area contributed by atoms with Crippen LogP contribution in [0.25, 0.3) is 0 Å². The maximum atomic E-state index is 5.90. The van der Waals surface area contributed by atoms with Crippen molar-refractivity contribution in [3.05, 3.63) is 11.9 Å². The van der Waals surface area contributed by atoms with Gasteiger partial charge in [0.25, 0.3) is 0 Å². The second-order valence-electron chi connectivity index (χ2n) is 4.46. The van der Waals surface area contributed by atoms with Crippen molar-refractivity contribution in [2.24, 2.45) is 11.6 Å². The zero-order chi connectivity index (χ0) is 12.2. The number of allylic oxidation sites excluding steroid dienone is 1. The van der Waals surface area contributed by atoms with Crippen molar-refractivity contribution in [1.82, 2.24) is 5.01 Å². The summed E-state index contributed by atoms with van der Waals surface area (Å²) >= 11 is 0. The van der Waals surface area contributed by atoms with Gasteiger partial charge in [-0.2, -0.15) is 0 Å². The molecule has 0 bridgehead atoms. The number of hydrogen-bond acceptors (Lipinski definition) is 3. The standard InChI is InChI=1S/C13H29N3/c1-3-5-7-8-9-10-13(14)12-16(15)11-6-4-2/h12H,3-11,14-15H2,1-2H3/b13-12-. The molecule has 0 aromatic rings. The van der Waals surface area contributed by atoms with Crippen molar-refractivity contribution in [1.29, 1.82) is 0 Å². The fourth-order valence-corrected chi connectivity index (χ4v) is 1.62. The Labute approximate surface area is 101 Å². The minimum absolute atomic E-state index is 0.896. The fraction of sp³-hybridized carbons (Fsp3) is 0.846. The molecule has 0 unspecified atom stereocenters. The molecule has 4 N–H and O–H groups in total. The van der Waals surface area contributed by atoms with Gasteiger partial charge in [0, 0.05) is 18.4 Å². The SMILES string of the molecule is CCCCCCC/C(N)=C/N(N)CCCC. The van der Waals surface area contributed by atoms with Crippen molar-refractivity contribution in [2.75, 3.05) is 6.54 Å². The third-order valence-electron chi connectivity index (χ3n) is 2.67. The van der Waals surface area contributed by atoms with E-state index in [2.05, 4.69) is 13.8 Å². The predicted molar refractivity (Wildman–Crippen MR) is 71.4 cm³/mol. The molecule has 0 amide bonds. The molecule has 3 nitrogen and oxygen atoms in total. The third kappa shape index (κ3) is 9.84. The van der Waals surface area contributed by atoms with Gasteiger partial charge in [-0.3, -0.25) is 0 Å². The minimum atomic E-state index is 0.896. The van der Waals surface area contributed by atoms with Gasteiger partial charge in [-0.25, -0.2) is 5.84 Å².